The van der Waals surface area contributed by atoms with E-state index in [1.165, 1.54) is 35.1 Å². The molecule has 0 bridgehead atoms. The Morgan fingerprint density at radius 3 is 2.21 bits per heavy atom. The molecule has 2 N–H and O–H groups in total. The average molecular weight is 261 g/mol. The van der Waals surface area contributed by atoms with Crippen molar-refractivity contribution >= 4 is 0 Å². The molecule has 2 heteroatoms. The van der Waals surface area contributed by atoms with Crippen molar-refractivity contribution in [3.63, 3.8) is 0 Å². The second kappa shape index (κ2) is 6.53. The Hall–Kier alpha value is -0.860. The zero-order valence-electron chi connectivity index (χ0n) is 12.5. The van der Waals surface area contributed by atoms with Crippen molar-refractivity contribution in [3.05, 3.63) is 34.4 Å². The lowest BCUT2D eigenvalue weighted by Crippen LogP contribution is -2.28. The number of benzene rings is 1. The minimum atomic E-state index is -0.0437. The molecule has 0 amide bonds. The van der Waals surface area contributed by atoms with E-state index in [9.17, 15) is 5.11 Å². The van der Waals surface area contributed by atoms with Crippen molar-refractivity contribution in [1.29, 1.82) is 0 Å². The first-order chi connectivity index (χ1) is 9.06. The van der Waals surface area contributed by atoms with Gasteiger partial charge in [0.05, 0.1) is 6.10 Å². The smallest absolute Gasteiger partial charge is 0.0540 e. The van der Waals surface area contributed by atoms with Gasteiger partial charge in [-0.15, -0.1) is 0 Å². The fourth-order valence-corrected chi connectivity index (χ4v) is 3.24. The molecule has 0 atom stereocenters. The summed E-state index contributed by atoms with van der Waals surface area (Å²) in [6.45, 7) is 8.61. The molecule has 0 aliphatic heterocycles. The van der Waals surface area contributed by atoms with E-state index in [1.54, 1.807) is 0 Å². The monoisotopic (exact) mass is 261 g/mol. The first kappa shape index (κ1) is 14.5. The number of aryl methyl sites for hydroxylation is 3. The maximum absolute atomic E-state index is 9.51. The highest BCUT2D eigenvalue weighted by molar-refractivity contribution is 5.37. The predicted molar refractivity (Wildman–Crippen MR) is 80.3 cm³/mol. The van der Waals surface area contributed by atoms with Crippen LogP contribution in [0.2, 0.25) is 0 Å². The molecule has 2 rings (SSSR count). The van der Waals surface area contributed by atoms with Crippen LogP contribution in [0.15, 0.2) is 12.1 Å². The van der Waals surface area contributed by atoms with Crippen LogP contribution in [0.1, 0.15) is 47.9 Å². The van der Waals surface area contributed by atoms with E-state index in [1.807, 2.05) is 0 Å². The zero-order valence-corrected chi connectivity index (χ0v) is 12.5. The van der Waals surface area contributed by atoms with Crippen LogP contribution >= 0.6 is 0 Å². The third-order valence-corrected chi connectivity index (χ3v) is 4.39. The first-order valence-corrected chi connectivity index (χ1v) is 7.51. The Balaban J connectivity index is 1.83. The SMILES string of the molecule is Cc1cc(C)c(CNCC2CCC(O)CC2)c(C)c1. The van der Waals surface area contributed by atoms with Gasteiger partial charge in [-0.1, -0.05) is 17.7 Å². The second-order valence-electron chi connectivity index (χ2n) is 6.18. The van der Waals surface area contributed by atoms with Crippen LogP contribution in [0, 0.1) is 26.7 Å². The minimum Gasteiger partial charge on any atom is -0.393 e. The number of hydrogen-bond donors (Lipinski definition) is 2. The molecular formula is C17H27NO. The molecule has 106 valence electrons. The van der Waals surface area contributed by atoms with E-state index in [2.05, 4.69) is 38.2 Å². The van der Waals surface area contributed by atoms with E-state index in [0.29, 0.717) is 0 Å². The molecule has 1 aliphatic carbocycles. The van der Waals surface area contributed by atoms with Gasteiger partial charge in [0.25, 0.3) is 0 Å². The first-order valence-electron chi connectivity index (χ1n) is 7.51. The summed E-state index contributed by atoms with van der Waals surface area (Å²) in [6, 6.07) is 4.53. The Morgan fingerprint density at radius 1 is 1.05 bits per heavy atom. The van der Waals surface area contributed by atoms with Crippen LogP contribution in [0.5, 0.6) is 0 Å². The van der Waals surface area contributed by atoms with Crippen molar-refractivity contribution < 1.29 is 5.11 Å². The fourth-order valence-electron chi connectivity index (χ4n) is 3.24. The van der Waals surface area contributed by atoms with Crippen molar-refractivity contribution in [2.24, 2.45) is 5.92 Å². The Morgan fingerprint density at radius 2 is 1.63 bits per heavy atom. The van der Waals surface area contributed by atoms with Gasteiger partial charge in [0, 0.05) is 6.54 Å². The topological polar surface area (TPSA) is 32.3 Å². The van der Waals surface area contributed by atoms with Gasteiger partial charge in [0.15, 0.2) is 0 Å². The van der Waals surface area contributed by atoms with E-state index >= 15 is 0 Å². The third-order valence-electron chi connectivity index (χ3n) is 4.39. The van der Waals surface area contributed by atoms with Crippen LogP contribution in [0.3, 0.4) is 0 Å². The van der Waals surface area contributed by atoms with Crippen LogP contribution in [-0.4, -0.2) is 17.8 Å². The van der Waals surface area contributed by atoms with Gasteiger partial charge in [-0.25, -0.2) is 0 Å². The largest absolute Gasteiger partial charge is 0.393 e. The Bertz CT molecular complexity index is 396. The van der Waals surface area contributed by atoms with Crippen molar-refractivity contribution in [3.8, 4) is 0 Å². The molecule has 0 radical (unpaired) electrons. The van der Waals surface area contributed by atoms with Crippen LogP contribution in [0.4, 0.5) is 0 Å². The summed E-state index contributed by atoms with van der Waals surface area (Å²) in [6.07, 6.45) is 4.25. The number of nitrogens with one attached hydrogen (secondary N) is 1. The number of aliphatic hydroxyl groups excluding tert-OH is 1. The molecule has 2 nitrogen and oxygen atoms in total. The highest BCUT2D eigenvalue weighted by atomic mass is 16.3. The maximum atomic E-state index is 9.51. The van der Waals surface area contributed by atoms with Crippen molar-refractivity contribution in [1.82, 2.24) is 5.32 Å². The molecular weight excluding hydrogens is 234 g/mol. The Kier molecular flexibility index (Phi) is 5.00. The third kappa shape index (κ3) is 4.05. The number of rotatable bonds is 4. The molecule has 1 fully saturated rings. The molecule has 0 aromatic heterocycles. The Labute approximate surface area is 117 Å². The highest BCUT2D eigenvalue weighted by Gasteiger charge is 2.18. The van der Waals surface area contributed by atoms with Crippen molar-refractivity contribution in [2.45, 2.75) is 59.1 Å². The van der Waals surface area contributed by atoms with Crippen LogP contribution in [-0.2, 0) is 6.54 Å². The van der Waals surface area contributed by atoms with Gasteiger partial charge in [-0.05, 0) is 75.6 Å². The summed E-state index contributed by atoms with van der Waals surface area (Å²) in [7, 11) is 0. The van der Waals surface area contributed by atoms with Gasteiger partial charge in [-0.3, -0.25) is 0 Å². The number of aliphatic hydroxyl groups is 1. The molecule has 0 saturated heterocycles. The lowest BCUT2D eigenvalue weighted by atomic mass is 9.87. The minimum absolute atomic E-state index is 0.0437. The van der Waals surface area contributed by atoms with Crippen LogP contribution < -0.4 is 5.32 Å². The van der Waals surface area contributed by atoms with Gasteiger partial charge in [-0.2, -0.15) is 0 Å². The average Bonchev–Trinajstić information content (AvgIpc) is 2.34. The van der Waals surface area contributed by atoms with Gasteiger partial charge in [0.2, 0.25) is 0 Å². The van der Waals surface area contributed by atoms with Gasteiger partial charge < -0.3 is 10.4 Å². The molecule has 19 heavy (non-hydrogen) atoms. The second-order valence-corrected chi connectivity index (χ2v) is 6.18. The quantitative estimate of drug-likeness (QED) is 0.872. The maximum Gasteiger partial charge on any atom is 0.0540 e. The summed E-state index contributed by atoms with van der Waals surface area (Å²) in [5, 5.41) is 13.1. The summed E-state index contributed by atoms with van der Waals surface area (Å²) in [5.74, 6) is 0.745. The summed E-state index contributed by atoms with van der Waals surface area (Å²) in [5.41, 5.74) is 5.58. The number of hydrogen-bond acceptors (Lipinski definition) is 2. The molecule has 0 unspecified atom stereocenters. The lowest BCUT2D eigenvalue weighted by molar-refractivity contribution is 0.108. The van der Waals surface area contributed by atoms with Gasteiger partial charge in [0.1, 0.15) is 0 Å². The molecule has 1 aromatic rings. The molecule has 1 aliphatic rings. The highest BCUT2D eigenvalue weighted by Crippen LogP contribution is 2.23. The van der Waals surface area contributed by atoms with E-state index < -0.39 is 0 Å². The van der Waals surface area contributed by atoms with E-state index in [4.69, 9.17) is 0 Å². The molecule has 0 heterocycles. The predicted octanol–water partition coefficient (Wildman–Crippen LogP) is 3.25. The van der Waals surface area contributed by atoms with E-state index in [0.717, 1.165) is 31.8 Å². The van der Waals surface area contributed by atoms with Crippen LogP contribution in [0.25, 0.3) is 0 Å². The van der Waals surface area contributed by atoms with E-state index in [-0.39, 0.29) is 6.10 Å². The standard InChI is InChI=1S/C17H27NO/c1-12-8-13(2)17(14(3)9-12)11-18-10-15-4-6-16(19)7-5-15/h8-9,15-16,18-19H,4-7,10-11H2,1-3H3. The summed E-state index contributed by atoms with van der Waals surface area (Å²) >= 11 is 0. The summed E-state index contributed by atoms with van der Waals surface area (Å²) < 4.78 is 0. The normalized spacial score (nSPS) is 23.6. The molecule has 0 spiro atoms. The van der Waals surface area contributed by atoms with Crippen molar-refractivity contribution in [2.75, 3.05) is 6.54 Å². The van der Waals surface area contributed by atoms with Gasteiger partial charge >= 0.3 is 0 Å². The molecule has 1 saturated carbocycles. The fraction of sp³-hybridized carbons (Fsp3) is 0.647. The zero-order chi connectivity index (χ0) is 13.8. The molecule has 1 aromatic carbocycles. The lowest BCUT2D eigenvalue weighted by Gasteiger charge is -2.25. The summed E-state index contributed by atoms with van der Waals surface area (Å²) in [4.78, 5) is 0.